The van der Waals surface area contributed by atoms with E-state index < -0.39 is 18.7 Å². The summed E-state index contributed by atoms with van der Waals surface area (Å²) in [7, 11) is 0. The van der Waals surface area contributed by atoms with Crippen molar-refractivity contribution in [3.63, 3.8) is 0 Å². The largest absolute Gasteiger partial charge is 0.473 e. The quantitative estimate of drug-likeness (QED) is 0.504. The highest BCUT2D eigenvalue weighted by Gasteiger charge is 2.42. The van der Waals surface area contributed by atoms with E-state index in [1.165, 1.54) is 23.4 Å². The zero-order chi connectivity index (χ0) is 25.2. The first-order valence-corrected chi connectivity index (χ1v) is 10.8. The number of pyridine rings is 2. The number of fused-ring (bicyclic) bond motifs is 1. The Kier molecular flexibility index (Phi) is 7.50. The number of carbonyl (C=O) groups is 2. The third-order valence-corrected chi connectivity index (χ3v) is 5.67. The summed E-state index contributed by atoms with van der Waals surface area (Å²) < 4.78 is 45.7. The molecule has 0 radical (unpaired) electrons. The minimum Gasteiger partial charge on any atom is -0.473 e. The lowest BCUT2D eigenvalue weighted by Crippen LogP contribution is -2.39. The molecule has 1 aliphatic rings. The Bertz CT molecular complexity index is 1130. The van der Waals surface area contributed by atoms with Gasteiger partial charge in [-0.05, 0) is 30.2 Å². The highest BCUT2D eigenvalue weighted by atomic mass is 35.5. The summed E-state index contributed by atoms with van der Waals surface area (Å²) in [6, 6.07) is 3.04. The normalized spacial score (nSPS) is 14.9. The van der Waals surface area contributed by atoms with Crippen LogP contribution in [-0.2, 0) is 17.9 Å². The molecule has 0 saturated carbocycles. The fourth-order valence-electron chi connectivity index (χ4n) is 3.21. The predicted molar refractivity (Wildman–Crippen MR) is 121 cm³/mol. The molecule has 0 saturated heterocycles. The maximum Gasteiger partial charge on any atom is 0.279 e. The molecule has 34 heavy (non-hydrogen) atoms. The Hall–Kier alpha value is -3.14. The van der Waals surface area contributed by atoms with Crippen molar-refractivity contribution in [2.24, 2.45) is 5.92 Å². The minimum absolute atomic E-state index is 0.0217. The smallest absolute Gasteiger partial charge is 0.279 e. The van der Waals surface area contributed by atoms with Crippen molar-refractivity contribution in [2.75, 3.05) is 11.9 Å². The van der Waals surface area contributed by atoms with Gasteiger partial charge >= 0.3 is 0 Å². The fraction of sp³-hybridized carbons (Fsp3) is 0.391. The number of hydrogen-bond acceptors (Lipinski definition) is 5. The van der Waals surface area contributed by atoms with Gasteiger partial charge in [0.2, 0.25) is 17.5 Å². The molecule has 0 aromatic carbocycles. The van der Waals surface area contributed by atoms with E-state index in [1.807, 2.05) is 0 Å². The minimum atomic E-state index is -3.32. The number of nitrogens with one attached hydrogen (secondary N) is 1. The van der Waals surface area contributed by atoms with Crippen LogP contribution in [0.1, 0.15) is 42.3 Å². The van der Waals surface area contributed by atoms with Crippen molar-refractivity contribution in [1.29, 1.82) is 0 Å². The molecule has 1 N–H and O–H groups in total. The molecule has 0 fully saturated rings. The summed E-state index contributed by atoms with van der Waals surface area (Å²) in [5.74, 6) is -0.603. The second-order valence-corrected chi connectivity index (χ2v) is 8.76. The summed E-state index contributed by atoms with van der Waals surface area (Å²) in [5, 5.41) is 2.71. The third kappa shape index (κ3) is 5.16. The molecule has 0 bridgehead atoms. The van der Waals surface area contributed by atoms with Crippen LogP contribution in [0.15, 0.2) is 36.7 Å². The van der Waals surface area contributed by atoms with Gasteiger partial charge < -0.3 is 15.0 Å². The van der Waals surface area contributed by atoms with Crippen molar-refractivity contribution < 1.29 is 27.5 Å². The Balaban J connectivity index is 1.72. The molecule has 7 nitrogen and oxygen atoms in total. The van der Waals surface area contributed by atoms with Crippen LogP contribution in [-0.4, -0.2) is 45.4 Å². The molecule has 2 aromatic rings. The van der Waals surface area contributed by atoms with Gasteiger partial charge in [-0.15, -0.1) is 0 Å². The summed E-state index contributed by atoms with van der Waals surface area (Å²) in [6.07, 6.45) is -0.508. The van der Waals surface area contributed by atoms with Crippen LogP contribution in [0.25, 0.3) is 0 Å². The Morgan fingerprint density at radius 2 is 2.09 bits per heavy atom. The lowest BCUT2D eigenvalue weighted by atomic mass is 10.0. The van der Waals surface area contributed by atoms with Gasteiger partial charge in [0.15, 0.2) is 0 Å². The van der Waals surface area contributed by atoms with Crippen LogP contribution >= 0.6 is 11.6 Å². The molecule has 3 heterocycles. The molecule has 3 rings (SSSR count). The van der Waals surface area contributed by atoms with E-state index in [2.05, 4.69) is 21.9 Å². The highest BCUT2D eigenvalue weighted by Crippen LogP contribution is 2.32. The number of rotatable bonds is 9. The van der Waals surface area contributed by atoms with Gasteiger partial charge in [0, 0.05) is 36.0 Å². The van der Waals surface area contributed by atoms with Gasteiger partial charge in [-0.3, -0.25) is 9.59 Å². The number of nitrogens with zero attached hydrogens (tertiary/aromatic N) is 3. The first kappa shape index (κ1) is 25.5. The first-order valence-electron chi connectivity index (χ1n) is 10.4. The molecule has 182 valence electrons. The van der Waals surface area contributed by atoms with E-state index in [9.17, 15) is 22.8 Å². The summed E-state index contributed by atoms with van der Waals surface area (Å²) in [6.45, 7) is 7.25. The van der Waals surface area contributed by atoms with Gasteiger partial charge in [0.1, 0.15) is 17.4 Å². The van der Waals surface area contributed by atoms with E-state index in [-0.39, 0.29) is 47.3 Å². The lowest BCUT2D eigenvalue weighted by Gasteiger charge is -2.24. The van der Waals surface area contributed by atoms with E-state index in [4.69, 9.17) is 16.3 Å². The van der Waals surface area contributed by atoms with Gasteiger partial charge in [-0.2, -0.15) is 0 Å². The summed E-state index contributed by atoms with van der Waals surface area (Å²) >= 11 is 6.16. The van der Waals surface area contributed by atoms with Crippen LogP contribution in [0.5, 0.6) is 5.88 Å². The number of ether oxygens (including phenoxy) is 1. The topological polar surface area (TPSA) is 84.4 Å². The Morgan fingerprint density at radius 1 is 1.38 bits per heavy atom. The number of halogens is 4. The van der Waals surface area contributed by atoms with Crippen molar-refractivity contribution >= 4 is 29.2 Å². The van der Waals surface area contributed by atoms with E-state index in [1.54, 1.807) is 19.9 Å². The van der Waals surface area contributed by atoms with E-state index in [0.717, 1.165) is 6.92 Å². The lowest BCUT2D eigenvalue weighted by molar-refractivity contribution is -0.118. The van der Waals surface area contributed by atoms with Crippen molar-refractivity contribution in [3.8, 4) is 5.88 Å². The molecular weight excluding hydrogens is 473 g/mol. The van der Waals surface area contributed by atoms with Gasteiger partial charge in [-0.1, -0.05) is 32.0 Å². The highest BCUT2D eigenvalue weighted by molar-refractivity contribution is 6.31. The van der Waals surface area contributed by atoms with Crippen LogP contribution in [0.2, 0.25) is 5.02 Å². The van der Waals surface area contributed by atoms with Gasteiger partial charge in [-0.25, -0.2) is 23.1 Å². The number of carbonyl (C=O) groups excluding carboxylic acids is 2. The van der Waals surface area contributed by atoms with Crippen molar-refractivity contribution in [1.82, 2.24) is 14.9 Å². The SMILES string of the molecule is C=C(C)C(F)(COc1ncc(CN2Cc3c(ccnc3NC(=O)C(C)C)C2=O)cc1Cl)C(F)F. The maximum atomic E-state index is 14.4. The fourth-order valence-corrected chi connectivity index (χ4v) is 3.45. The van der Waals surface area contributed by atoms with Crippen LogP contribution < -0.4 is 10.1 Å². The average molecular weight is 497 g/mol. The molecular formula is C23H24ClF3N4O3. The first-order chi connectivity index (χ1) is 15.9. The molecule has 2 amide bonds. The van der Waals surface area contributed by atoms with Crippen LogP contribution in [0, 0.1) is 5.92 Å². The molecule has 0 aliphatic carbocycles. The monoisotopic (exact) mass is 496 g/mol. The number of amides is 2. The van der Waals surface area contributed by atoms with Crippen LogP contribution in [0.4, 0.5) is 19.0 Å². The van der Waals surface area contributed by atoms with E-state index >= 15 is 0 Å². The number of aromatic nitrogens is 2. The molecule has 2 aromatic heterocycles. The van der Waals surface area contributed by atoms with Crippen molar-refractivity contribution in [2.45, 2.75) is 46.0 Å². The van der Waals surface area contributed by atoms with Crippen LogP contribution in [0.3, 0.4) is 0 Å². The standard InChI is InChI=1S/C23H24ClF3N4O3/c1-12(2)19(32)30-18-16-10-31(21(33)15(16)5-6-28-18)9-14-7-17(24)20(29-8-14)34-11-23(27,13(3)4)22(25)26/h5-8,12,22H,3,9-11H2,1-2,4H3,(H,28,30,32). The zero-order valence-corrected chi connectivity index (χ0v) is 19.6. The number of hydrogen-bond donors (Lipinski definition) is 1. The second kappa shape index (κ2) is 10.0. The zero-order valence-electron chi connectivity index (χ0n) is 18.9. The summed E-state index contributed by atoms with van der Waals surface area (Å²) in [4.78, 5) is 34.6. The Labute approximate surface area is 200 Å². The summed E-state index contributed by atoms with van der Waals surface area (Å²) in [5.41, 5.74) is -1.83. The predicted octanol–water partition coefficient (Wildman–Crippen LogP) is 4.81. The molecule has 0 spiro atoms. The Morgan fingerprint density at radius 3 is 2.68 bits per heavy atom. The average Bonchev–Trinajstić information content (AvgIpc) is 3.09. The number of alkyl halides is 3. The molecule has 1 unspecified atom stereocenters. The molecule has 11 heteroatoms. The second-order valence-electron chi connectivity index (χ2n) is 8.35. The van der Waals surface area contributed by atoms with Gasteiger partial charge in [0.05, 0.1) is 6.54 Å². The van der Waals surface area contributed by atoms with E-state index in [0.29, 0.717) is 22.5 Å². The molecule has 1 aliphatic heterocycles. The third-order valence-electron chi connectivity index (χ3n) is 5.40. The van der Waals surface area contributed by atoms with Gasteiger partial charge in [0.25, 0.3) is 12.3 Å². The van der Waals surface area contributed by atoms with Crippen molar-refractivity contribution in [3.05, 3.63) is 58.4 Å². The number of anilines is 1. The molecule has 1 atom stereocenters. The maximum absolute atomic E-state index is 14.4.